The highest BCUT2D eigenvalue weighted by Crippen LogP contribution is 2.28. The van der Waals surface area contributed by atoms with Crippen LogP contribution in [-0.2, 0) is 9.53 Å². The molecule has 1 unspecified atom stereocenters. The molecule has 6 nitrogen and oxygen atoms in total. The summed E-state index contributed by atoms with van der Waals surface area (Å²) in [5.41, 5.74) is -0.0825. The lowest BCUT2D eigenvalue weighted by Gasteiger charge is -2.15. The molecule has 0 aliphatic carbocycles. The molecule has 4 rings (SSSR count). The average Bonchev–Trinajstić information content (AvgIpc) is 2.86. The van der Waals surface area contributed by atoms with Crippen LogP contribution in [0.15, 0.2) is 69.9 Å². The molecule has 0 radical (unpaired) electrons. The summed E-state index contributed by atoms with van der Waals surface area (Å²) in [7, 11) is 0. The van der Waals surface area contributed by atoms with Gasteiger partial charge in [0.05, 0.1) is 11.1 Å². The minimum atomic E-state index is -1.75. The van der Waals surface area contributed by atoms with E-state index < -0.39 is 41.1 Å². The SMILES string of the molecule is Cc1c(-c2ccccc2)oc2c(C(=O)OC(C)C(=O)Nc3ccc(F)c(F)c3F)cccc2c1=O. The van der Waals surface area contributed by atoms with Gasteiger partial charge in [0.1, 0.15) is 11.3 Å². The zero-order valence-electron chi connectivity index (χ0n) is 18.5. The Morgan fingerprint density at radius 3 is 2.37 bits per heavy atom. The number of halogens is 3. The average molecular weight is 481 g/mol. The number of amides is 1. The maximum atomic E-state index is 13.9. The second kappa shape index (κ2) is 9.46. The molecule has 0 aliphatic rings. The summed E-state index contributed by atoms with van der Waals surface area (Å²) in [6, 6.07) is 14.7. The monoisotopic (exact) mass is 481 g/mol. The Labute approximate surface area is 197 Å². The molecule has 4 aromatic rings. The van der Waals surface area contributed by atoms with E-state index in [4.69, 9.17) is 9.15 Å². The van der Waals surface area contributed by atoms with Gasteiger partial charge >= 0.3 is 5.97 Å². The fourth-order valence-corrected chi connectivity index (χ4v) is 3.47. The van der Waals surface area contributed by atoms with Gasteiger partial charge in [-0.3, -0.25) is 9.59 Å². The van der Waals surface area contributed by atoms with Gasteiger partial charge in [0, 0.05) is 11.1 Å². The first-order chi connectivity index (χ1) is 16.7. The van der Waals surface area contributed by atoms with Crippen LogP contribution in [0, 0.1) is 24.4 Å². The quantitative estimate of drug-likeness (QED) is 0.306. The molecule has 0 saturated heterocycles. The number of hydrogen-bond donors (Lipinski definition) is 1. The molecule has 1 N–H and O–H groups in total. The van der Waals surface area contributed by atoms with Gasteiger partial charge in [-0.2, -0.15) is 0 Å². The molecule has 0 spiro atoms. The van der Waals surface area contributed by atoms with Crippen molar-refractivity contribution in [2.75, 3.05) is 5.32 Å². The Morgan fingerprint density at radius 1 is 0.943 bits per heavy atom. The number of anilines is 1. The number of carbonyl (C=O) groups is 2. The number of ether oxygens (including phenoxy) is 1. The highest BCUT2D eigenvalue weighted by atomic mass is 19.2. The van der Waals surface area contributed by atoms with Crippen LogP contribution in [0.3, 0.4) is 0 Å². The van der Waals surface area contributed by atoms with Gasteiger partial charge in [0.15, 0.2) is 34.6 Å². The molecule has 1 heterocycles. The van der Waals surface area contributed by atoms with Crippen molar-refractivity contribution in [3.05, 3.63) is 99.5 Å². The number of nitrogens with one attached hydrogen (secondary N) is 1. The van der Waals surface area contributed by atoms with Crippen molar-refractivity contribution < 1.29 is 31.9 Å². The lowest BCUT2D eigenvalue weighted by Crippen LogP contribution is -2.30. The Bertz CT molecular complexity index is 1520. The van der Waals surface area contributed by atoms with E-state index in [0.29, 0.717) is 17.2 Å². The highest BCUT2D eigenvalue weighted by Gasteiger charge is 2.24. The molecule has 3 aromatic carbocycles. The molecule has 0 aliphatic heterocycles. The van der Waals surface area contributed by atoms with Crippen molar-refractivity contribution in [1.29, 1.82) is 0 Å². The van der Waals surface area contributed by atoms with Crippen LogP contribution in [0.1, 0.15) is 22.8 Å². The Balaban J connectivity index is 1.64. The molecule has 0 bridgehead atoms. The first-order valence-electron chi connectivity index (χ1n) is 10.5. The summed E-state index contributed by atoms with van der Waals surface area (Å²) in [5, 5.41) is 2.20. The van der Waals surface area contributed by atoms with E-state index >= 15 is 0 Å². The van der Waals surface area contributed by atoms with E-state index in [2.05, 4.69) is 0 Å². The largest absolute Gasteiger partial charge is 0.455 e. The van der Waals surface area contributed by atoms with Crippen molar-refractivity contribution in [2.24, 2.45) is 0 Å². The van der Waals surface area contributed by atoms with Gasteiger partial charge in [-0.15, -0.1) is 0 Å². The van der Waals surface area contributed by atoms with Crippen molar-refractivity contribution in [2.45, 2.75) is 20.0 Å². The maximum Gasteiger partial charge on any atom is 0.342 e. The van der Waals surface area contributed by atoms with Crippen LogP contribution >= 0.6 is 0 Å². The van der Waals surface area contributed by atoms with E-state index in [-0.39, 0.29) is 27.7 Å². The zero-order valence-corrected chi connectivity index (χ0v) is 18.5. The van der Waals surface area contributed by atoms with Gasteiger partial charge in [-0.1, -0.05) is 36.4 Å². The molecular formula is C26H18F3NO5. The number of esters is 1. The van der Waals surface area contributed by atoms with Crippen LogP contribution in [-0.4, -0.2) is 18.0 Å². The van der Waals surface area contributed by atoms with Crippen LogP contribution in [0.25, 0.3) is 22.3 Å². The molecular weight excluding hydrogens is 463 g/mol. The number of hydrogen-bond acceptors (Lipinski definition) is 5. The molecule has 35 heavy (non-hydrogen) atoms. The van der Waals surface area contributed by atoms with Crippen molar-refractivity contribution in [3.8, 4) is 11.3 Å². The van der Waals surface area contributed by atoms with Crippen LogP contribution in [0.2, 0.25) is 0 Å². The van der Waals surface area contributed by atoms with Crippen LogP contribution in [0.5, 0.6) is 0 Å². The van der Waals surface area contributed by atoms with Crippen LogP contribution in [0.4, 0.5) is 18.9 Å². The smallest absolute Gasteiger partial charge is 0.342 e. The second-order valence-electron chi connectivity index (χ2n) is 7.69. The first-order valence-corrected chi connectivity index (χ1v) is 10.5. The molecule has 1 amide bonds. The lowest BCUT2D eigenvalue weighted by atomic mass is 10.0. The van der Waals surface area contributed by atoms with Gasteiger partial charge < -0.3 is 14.5 Å². The molecule has 0 fully saturated rings. The fourth-order valence-electron chi connectivity index (χ4n) is 3.47. The third-order valence-electron chi connectivity index (χ3n) is 5.35. The third-order valence-corrected chi connectivity index (χ3v) is 5.35. The number of rotatable bonds is 5. The van der Waals surface area contributed by atoms with Gasteiger partial charge in [-0.05, 0) is 38.1 Å². The fraction of sp³-hybridized carbons (Fsp3) is 0.115. The minimum Gasteiger partial charge on any atom is -0.455 e. The number of carbonyl (C=O) groups excluding carboxylic acids is 2. The van der Waals surface area contributed by atoms with Gasteiger partial charge in [0.25, 0.3) is 5.91 Å². The van der Waals surface area contributed by atoms with E-state index in [9.17, 15) is 27.6 Å². The van der Waals surface area contributed by atoms with Crippen molar-refractivity contribution in [3.63, 3.8) is 0 Å². The third kappa shape index (κ3) is 4.52. The van der Waals surface area contributed by atoms with E-state index in [0.717, 1.165) is 6.07 Å². The summed E-state index contributed by atoms with van der Waals surface area (Å²) in [5.74, 6) is -6.43. The van der Waals surface area contributed by atoms with E-state index in [1.54, 1.807) is 37.3 Å². The Kier molecular flexibility index (Phi) is 6.42. The molecule has 1 atom stereocenters. The summed E-state index contributed by atoms with van der Waals surface area (Å²) in [6.45, 7) is 2.83. The predicted octanol–water partition coefficient (Wildman–Crippen LogP) is 5.37. The van der Waals surface area contributed by atoms with Crippen molar-refractivity contribution >= 4 is 28.5 Å². The van der Waals surface area contributed by atoms with E-state index in [1.165, 1.54) is 25.1 Å². The Morgan fingerprint density at radius 2 is 1.66 bits per heavy atom. The number of benzene rings is 3. The number of para-hydroxylation sites is 1. The molecule has 9 heteroatoms. The first kappa shape index (κ1) is 23.7. The topological polar surface area (TPSA) is 85.6 Å². The normalized spacial score (nSPS) is 11.8. The van der Waals surface area contributed by atoms with Crippen molar-refractivity contribution in [1.82, 2.24) is 0 Å². The molecule has 1 aromatic heterocycles. The predicted molar refractivity (Wildman–Crippen MR) is 122 cm³/mol. The zero-order chi connectivity index (χ0) is 25.3. The highest BCUT2D eigenvalue weighted by molar-refractivity contribution is 6.04. The summed E-state index contributed by atoms with van der Waals surface area (Å²) in [4.78, 5) is 38.2. The van der Waals surface area contributed by atoms with Gasteiger partial charge in [-0.25, -0.2) is 18.0 Å². The minimum absolute atomic E-state index is 0.0220. The summed E-state index contributed by atoms with van der Waals surface area (Å²) in [6.07, 6.45) is -1.45. The maximum absolute atomic E-state index is 13.9. The lowest BCUT2D eigenvalue weighted by molar-refractivity contribution is -0.123. The standard InChI is InChI=1S/C26H18F3NO5/c1-13-22(31)16-9-6-10-17(24(16)35-23(13)15-7-4-3-5-8-15)26(33)34-14(2)25(32)30-19-12-11-18(27)20(28)21(19)29/h3-12,14H,1-2H3,(H,30,32). The summed E-state index contributed by atoms with van der Waals surface area (Å²) < 4.78 is 51.5. The molecule has 0 saturated carbocycles. The van der Waals surface area contributed by atoms with Crippen LogP contribution < -0.4 is 10.7 Å². The van der Waals surface area contributed by atoms with Gasteiger partial charge in [0.2, 0.25) is 0 Å². The Hall–Kier alpha value is -4.40. The van der Waals surface area contributed by atoms with E-state index in [1.807, 2.05) is 5.32 Å². The summed E-state index contributed by atoms with van der Waals surface area (Å²) >= 11 is 0. The number of fused-ring (bicyclic) bond motifs is 1. The molecule has 178 valence electrons. The second-order valence-corrected chi connectivity index (χ2v) is 7.69.